The third kappa shape index (κ3) is 5.37. The van der Waals surface area contributed by atoms with Crippen molar-refractivity contribution in [3.63, 3.8) is 0 Å². The molecular formula is C23H22N2O4S. The molecule has 0 spiro atoms. The zero-order chi connectivity index (χ0) is 21.7. The fraction of sp³-hybridized carbons (Fsp3) is 0.217. The van der Waals surface area contributed by atoms with Gasteiger partial charge in [-0.3, -0.25) is 4.79 Å². The Hall–Kier alpha value is -3.37. The molecule has 0 saturated carbocycles. The van der Waals surface area contributed by atoms with E-state index in [1.54, 1.807) is 38.4 Å². The van der Waals surface area contributed by atoms with Crippen LogP contribution in [-0.2, 0) is 26.9 Å². The summed E-state index contributed by atoms with van der Waals surface area (Å²) in [5, 5.41) is 10.9. The predicted octanol–water partition coefficient (Wildman–Crippen LogP) is 3.29. The average Bonchev–Trinajstić information content (AvgIpc) is 2.73. The van der Waals surface area contributed by atoms with Crippen molar-refractivity contribution >= 4 is 26.5 Å². The van der Waals surface area contributed by atoms with E-state index < -0.39 is 21.5 Å². The van der Waals surface area contributed by atoms with Crippen LogP contribution in [0.5, 0.6) is 5.75 Å². The monoisotopic (exact) mass is 422 g/mol. The highest BCUT2D eigenvalue weighted by Crippen LogP contribution is 2.22. The average molecular weight is 423 g/mol. The van der Waals surface area contributed by atoms with Crippen LogP contribution < -0.4 is 4.74 Å². The van der Waals surface area contributed by atoms with E-state index in [4.69, 9.17) is 10.00 Å². The van der Waals surface area contributed by atoms with Gasteiger partial charge in [-0.25, -0.2) is 8.42 Å². The first-order valence-corrected chi connectivity index (χ1v) is 11.1. The third-order valence-electron chi connectivity index (χ3n) is 4.77. The summed E-state index contributed by atoms with van der Waals surface area (Å²) >= 11 is 0. The van der Waals surface area contributed by atoms with E-state index >= 15 is 0 Å². The van der Waals surface area contributed by atoms with Crippen molar-refractivity contribution in [2.24, 2.45) is 0 Å². The Balaban J connectivity index is 1.64. The van der Waals surface area contributed by atoms with Crippen LogP contribution in [0.3, 0.4) is 0 Å². The number of ether oxygens (including phenoxy) is 1. The van der Waals surface area contributed by atoms with Gasteiger partial charge in [-0.2, -0.15) is 5.26 Å². The van der Waals surface area contributed by atoms with Gasteiger partial charge in [0.05, 0.1) is 24.5 Å². The molecule has 0 fully saturated rings. The van der Waals surface area contributed by atoms with E-state index in [9.17, 15) is 13.2 Å². The van der Waals surface area contributed by atoms with Gasteiger partial charge in [-0.1, -0.05) is 30.3 Å². The summed E-state index contributed by atoms with van der Waals surface area (Å²) in [7, 11) is -0.410. The van der Waals surface area contributed by atoms with Crippen molar-refractivity contribution in [3.8, 4) is 11.8 Å². The van der Waals surface area contributed by atoms with Gasteiger partial charge >= 0.3 is 0 Å². The van der Waals surface area contributed by atoms with Crippen molar-refractivity contribution in [2.45, 2.75) is 12.3 Å². The van der Waals surface area contributed by atoms with Crippen LogP contribution in [0.25, 0.3) is 10.8 Å². The molecule has 7 heteroatoms. The van der Waals surface area contributed by atoms with E-state index in [1.165, 1.54) is 4.90 Å². The molecule has 30 heavy (non-hydrogen) atoms. The summed E-state index contributed by atoms with van der Waals surface area (Å²) < 4.78 is 30.1. The number of methoxy groups -OCH3 is 1. The van der Waals surface area contributed by atoms with Gasteiger partial charge in [0.15, 0.2) is 9.84 Å². The molecule has 3 aromatic carbocycles. The van der Waals surface area contributed by atoms with Gasteiger partial charge in [0.25, 0.3) is 0 Å². The summed E-state index contributed by atoms with van der Waals surface area (Å²) in [6, 6.07) is 19.9. The largest absolute Gasteiger partial charge is 0.497 e. The van der Waals surface area contributed by atoms with Crippen LogP contribution in [0.2, 0.25) is 0 Å². The number of carbonyl (C=O) groups is 1. The molecule has 0 aromatic heterocycles. The highest BCUT2D eigenvalue weighted by molar-refractivity contribution is 7.91. The van der Waals surface area contributed by atoms with Gasteiger partial charge in [-0.05, 0) is 52.2 Å². The number of hydrogen-bond donors (Lipinski definition) is 0. The Bertz CT molecular complexity index is 1210. The second kappa shape index (κ2) is 8.97. The van der Waals surface area contributed by atoms with Crippen molar-refractivity contribution in [1.82, 2.24) is 4.90 Å². The molecule has 3 aromatic rings. The lowest BCUT2D eigenvalue weighted by atomic mass is 10.1. The number of amides is 1. The maximum absolute atomic E-state index is 12.5. The number of carbonyl (C=O) groups excluding carboxylic acids is 1. The molecule has 0 saturated heterocycles. The Morgan fingerprint density at radius 2 is 1.63 bits per heavy atom. The van der Waals surface area contributed by atoms with Gasteiger partial charge in [0.1, 0.15) is 11.5 Å². The summed E-state index contributed by atoms with van der Waals surface area (Å²) in [6.07, 6.45) is 0. The molecule has 0 unspecified atom stereocenters. The van der Waals surface area contributed by atoms with Gasteiger partial charge < -0.3 is 9.64 Å². The summed E-state index contributed by atoms with van der Waals surface area (Å²) in [6.45, 7) is 0.313. The fourth-order valence-electron chi connectivity index (χ4n) is 3.14. The van der Waals surface area contributed by atoms with Gasteiger partial charge in [0, 0.05) is 13.6 Å². The first kappa shape index (κ1) is 21.3. The van der Waals surface area contributed by atoms with E-state index in [0.29, 0.717) is 17.7 Å². The van der Waals surface area contributed by atoms with Crippen LogP contribution in [0.1, 0.15) is 16.7 Å². The summed E-state index contributed by atoms with van der Waals surface area (Å²) in [5.41, 5.74) is 1.92. The minimum Gasteiger partial charge on any atom is -0.497 e. The van der Waals surface area contributed by atoms with Crippen LogP contribution >= 0.6 is 0 Å². The highest BCUT2D eigenvalue weighted by atomic mass is 32.2. The molecular weight excluding hydrogens is 400 g/mol. The lowest BCUT2D eigenvalue weighted by Crippen LogP contribution is -2.32. The standard InChI is InChI=1S/C23H22N2O4S/c1-25(14-19-7-8-21-12-22(29-2)10-9-20(21)11-19)23(26)16-30(27,28)15-18-5-3-17(13-24)4-6-18/h3-12H,14-16H2,1-2H3. The van der Waals surface area contributed by atoms with E-state index in [0.717, 1.165) is 22.1 Å². The molecule has 1 amide bonds. The van der Waals surface area contributed by atoms with Crippen molar-refractivity contribution < 1.29 is 17.9 Å². The van der Waals surface area contributed by atoms with E-state index in [-0.39, 0.29) is 5.75 Å². The minimum absolute atomic E-state index is 0.240. The minimum atomic E-state index is -3.62. The molecule has 0 bridgehead atoms. The van der Waals surface area contributed by atoms with Crippen molar-refractivity contribution in [3.05, 3.63) is 77.4 Å². The number of nitrogens with zero attached hydrogens (tertiary/aromatic N) is 2. The van der Waals surface area contributed by atoms with E-state index in [1.807, 2.05) is 42.5 Å². The highest BCUT2D eigenvalue weighted by Gasteiger charge is 2.20. The maximum atomic E-state index is 12.5. The Morgan fingerprint density at radius 1 is 1.00 bits per heavy atom. The SMILES string of the molecule is COc1ccc2cc(CN(C)C(=O)CS(=O)(=O)Cc3ccc(C#N)cc3)ccc2c1. The van der Waals surface area contributed by atoms with Crippen molar-refractivity contribution in [1.29, 1.82) is 5.26 Å². The zero-order valence-electron chi connectivity index (χ0n) is 16.8. The number of benzene rings is 3. The number of sulfone groups is 1. The number of hydrogen-bond acceptors (Lipinski definition) is 5. The molecule has 0 aliphatic rings. The molecule has 0 aliphatic heterocycles. The van der Waals surface area contributed by atoms with Crippen LogP contribution in [0.15, 0.2) is 60.7 Å². The molecule has 0 atom stereocenters. The first-order chi connectivity index (χ1) is 14.3. The Labute approximate surface area is 176 Å². The molecule has 6 nitrogen and oxygen atoms in total. The van der Waals surface area contributed by atoms with Crippen LogP contribution in [0.4, 0.5) is 0 Å². The van der Waals surface area contributed by atoms with Gasteiger partial charge in [0.2, 0.25) is 5.91 Å². The quantitative estimate of drug-likeness (QED) is 0.583. The second-order valence-corrected chi connectivity index (χ2v) is 9.20. The van der Waals surface area contributed by atoms with Crippen LogP contribution in [0, 0.1) is 11.3 Å². The number of nitriles is 1. The molecule has 0 N–H and O–H groups in total. The third-order valence-corrected chi connectivity index (χ3v) is 6.23. The normalized spacial score (nSPS) is 11.1. The summed E-state index contributed by atoms with van der Waals surface area (Å²) in [4.78, 5) is 13.9. The Kier molecular flexibility index (Phi) is 6.38. The molecule has 0 heterocycles. The smallest absolute Gasteiger partial charge is 0.237 e. The zero-order valence-corrected chi connectivity index (χ0v) is 17.6. The second-order valence-electron chi connectivity index (χ2n) is 7.14. The van der Waals surface area contributed by atoms with E-state index in [2.05, 4.69) is 0 Å². The van der Waals surface area contributed by atoms with Gasteiger partial charge in [-0.15, -0.1) is 0 Å². The van der Waals surface area contributed by atoms with Crippen LogP contribution in [-0.4, -0.2) is 39.1 Å². The predicted molar refractivity (Wildman–Crippen MR) is 116 cm³/mol. The fourth-order valence-corrected chi connectivity index (χ4v) is 4.54. The van der Waals surface area contributed by atoms with Crippen molar-refractivity contribution in [2.75, 3.05) is 19.9 Å². The number of rotatable bonds is 7. The topological polar surface area (TPSA) is 87.5 Å². The summed E-state index contributed by atoms with van der Waals surface area (Å²) in [5.74, 6) is -0.488. The molecule has 0 aliphatic carbocycles. The first-order valence-electron chi connectivity index (χ1n) is 9.30. The Morgan fingerprint density at radius 3 is 2.30 bits per heavy atom. The lowest BCUT2D eigenvalue weighted by molar-refractivity contribution is -0.127. The molecule has 3 rings (SSSR count). The maximum Gasteiger partial charge on any atom is 0.237 e. The molecule has 154 valence electrons. The lowest BCUT2D eigenvalue weighted by Gasteiger charge is -2.18. The molecule has 0 radical (unpaired) electrons. The number of fused-ring (bicyclic) bond motifs is 1.